The average Bonchev–Trinajstić information content (AvgIpc) is 0.832. The second-order valence-electron chi connectivity index (χ2n) is 31.8. The van der Waals surface area contributed by atoms with Gasteiger partial charge in [0.2, 0.25) is 17.7 Å². The summed E-state index contributed by atoms with van der Waals surface area (Å²) in [6.07, 6.45) is -11.9. The Morgan fingerprint density at radius 3 is 1.35 bits per heavy atom. The number of alkyl halides is 12. The van der Waals surface area contributed by atoms with Gasteiger partial charge in [0.1, 0.15) is 28.9 Å². The number of anilines is 4. The fourth-order valence-corrected chi connectivity index (χ4v) is 16.3. The lowest BCUT2D eigenvalue weighted by atomic mass is 9.89. The van der Waals surface area contributed by atoms with E-state index in [1.807, 2.05) is 71.0 Å². The first-order valence-corrected chi connectivity index (χ1v) is 40.6. The minimum atomic E-state index is -4.86. The number of hydrogen-bond donors (Lipinski definition) is 2. The molecule has 0 spiro atoms. The van der Waals surface area contributed by atoms with Crippen molar-refractivity contribution in [2.45, 2.75) is 149 Å². The number of nitrogens with zero attached hydrogens (tertiary/aromatic N) is 9. The van der Waals surface area contributed by atoms with Crippen molar-refractivity contribution >= 4 is 46.2 Å². The van der Waals surface area contributed by atoms with Crippen molar-refractivity contribution < 1.29 is 81.5 Å². The van der Waals surface area contributed by atoms with Crippen LogP contribution in [0, 0.1) is 42.7 Å². The van der Waals surface area contributed by atoms with Crippen molar-refractivity contribution in [2.75, 3.05) is 145 Å². The predicted octanol–water partition coefficient (Wildman–Crippen LogP) is 18.8. The van der Waals surface area contributed by atoms with E-state index in [0.29, 0.717) is 116 Å². The summed E-state index contributed by atoms with van der Waals surface area (Å²) >= 11 is 0. The molecule has 0 saturated carbocycles. The molecule has 6 aliphatic heterocycles. The largest absolute Gasteiger partial charge is 0.490 e. The third-order valence-corrected chi connectivity index (χ3v) is 23.2. The van der Waals surface area contributed by atoms with Gasteiger partial charge in [0.15, 0.2) is 0 Å². The maximum absolute atomic E-state index is 13.3. The molecule has 13 rings (SSSR count). The predicted molar refractivity (Wildman–Crippen MR) is 438 cm³/mol. The normalized spacial score (nSPS) is 18.0. The van der Waals surface area contributed by atoms with Crippen molar-refractivity contribution in [3.05, 3.63) is 212 Å². The van der Waals surface area contributed by atoms with Crippen LogP contribution in [0.25, 0.3) is 0 Å². The molecular formula is C89H109F12N11O7. The molecule has 0 aromatic heterocycles. The van der Waals surface area contributed by atoms with Crippen LogP contribution < -0.4 is 29.9 Å². The van der Waals surface area contributed by atoms with Gasteiger partial charge in [0, 0.05) is 183 Å². The van der Waals surface area contributed by atoms with Gasteiger partial charge in [-0.2, -0.15) is 52.7 Å². The lowest BCUT2D eigenvalue weighted by Crippen LogP contribution is -2.50. The number of likely N-dealkylation sites (tertiary alicyclic amines) is 4. The molecule has 2 atom stereocenters. The number of benzene rings is 7. The Morgan fingerprint density at radius 2 is 0.882 bits per heavy atom. The van der Waals surface area contributed by atoms with Gasteiger partial charge < -0.3 is 49.5 Å². The molecule has 30 heteroatoms. The molecule has 0 bridgehead atoms. The maximum atomic E-state index is 13.3. The lowest BCUT2D eigenvalue weighted by molar-refractivity contribution is -0.388. The van der Waals surface area contributed by atoms with Gasteiger partial charge in [-0.3, -0.25) is 34.3 Å². The molecule has 1 unspecified atom stereocenters. The number of aryl methyl sites for hydroxylation is 3. The quantitative estimate of drug-likeness (QED) is 0.0397. The van der Waals surface area contributed by atoms with E-state index in [9.17, 15) is 77.2 Å². The third-order valence-electron chi connectivity index (χ3n) is 23.2. The molecule has 3 amide bonds. The van der Waals surface area contributed by atoms with Crippen LogP contribution in [0.5, 0.6) is 17.2 Å². The first kappa shape index (κ1) is 91.5. The zero-order chi connectivity index (χ0) is 84.6. The first-order chi connectivity index (χ1) is 56.1. The monoisotopic (exact) mass is 1670 g/mol. The number of nitro groups is 1. The smallest absolute Gasteiger partial charge is 0.423 e. The van der Waals surface area contributed by atoms with Crippen LogP contribution in [0.4, 0.5) is 81.1 Å². The Morgan fingerprint density at radius 1 is 0.454 bits per heavy atom. The summed E-state index contributed by atoms with van der Waals surface area (Å²) in [4.78, 5) is 65.8. The molecule has 0 radical (unpaired) electrons. The van der Waals surface area contributed by atoms with Crippen molar-refractivity contribution in [3.63, 3.8) is 0 Å². The van der Waals surface area contributed by atoms with Crippen LogP contribution in [0.2, 0.25) is 0 Å². The van der Waals surface area contributed by atoms with Crippen molar-refractivity contribution in [2.24, 2.45) is 11.8 Å². The highest BCUT2D eigenvalue weighted by atomic mass is 19.4. The molecule has 2 N–H and O–H groups in total. The van der Waals surface area contributed by atoms with Crippen LogP contribution >= 0.6 is 0 Å². The Bertz CT molecular complexity index is 4420. The highest BCUT2D eigenvalue weighted by Crippen LogP contribution is 2.41. The van der Waals surface area contributed by atoms with Crippen LogP contribution in [0.3, 0.4) is 0 Å². The number of amides is 3. The maximum Gasteiger partial charge on any atom is 0.423 e. The number of carbonyl (C=O) groups excluding carboxylic acids is 3. The number of ether oxygens (including phenoxy) is 2. The molecule has 6 fully saturated rings. The van der Waals surface area contributed by atoms with E-state index < -0.39 is 57.6 Å². The summed E-state index contributed by atoms with van der Waals surface area (Å²) in [7, 11) is 0. The molecule has 18 nitrogen and oxygen atoms in total. The summed E-state index contributed by atoms with van der Waals surface area (Å²) in [5.41, 5.74) is 1.31. The number of piperazine rings is 2. The zero-order valence-corrected chi connectivity index (χ0v) is 67.2. The molecule has 7 aromatic rings. The lowest BCUT2D eigenvalue weighted by Gasteiger charge is -2.38. The van der Waals surface area contributed by atoms with Gasteiger partial charge in [0.05, 0.1) is 21.6 Å². The molecule has 6 saturated heterocycles. The van der Waals surface area contributed by atoms with E-state index in [0.717, 1.165) is 126 Å². The number of para-hydroxylation sites is 1. The third kappa shape index (κ3) is 26.1. The number of nitrogens with one attached hydrogen (secondary N) is 2. The van der Waals surface area contributed by atoms with Crippen LogP contribution in [-0.2, 0) is 39.1 Å². The van der Waals surface area contributed by atoms with Gasteiger partial charge in [-0.05, 0) is 192 Å². The molecule has 0 aliphatic carbocycles. The number of piperidine rings is 4. The summed E-state index contributed by atoms with van der Waals surface area (Å²) in [6.45, 7) is 22.5. The highest BCUT2D eigenvalue weighted by Gasteiger charge is 2.41. The molecular weight excluding hydrogens is 1560 g/mol. The molecule has 119 heavy (non-hydrogen) atoms. The Labute approximate surface area is 688 Å². The van der Waals surface area contributed by atoms with Crippen molar-refractivity contribution in [1.82, 2.24) is 29.4 Å². The summed E-state index contributed by atoms with van der Waals surface area (Å²) in [5, 5.41) is 17.2. The fraction of sp³-hybridized carbons (Fsp3) is 0.494. The Kier molecular flexibility index (Phi) is 31.5. The molecule has 6 heterocycles. The highest BCUT2D eigenvalue weighted by molar-refractivity contribution is 5.79. The molecule has 6 aliphatic rings. The number of rotatable bonds is 21. The minimum absolute atomic E-state index is 0. The Hall–Kier alpha value is -9.81. The van der Waals surface area contributed by atoms with Gasteiger partial charge in [-0.15, -0.1) is 0 Å². The van der Waals surface area contributed by atoms with E-state index in [2.05, 4.69) is 73.6 Å². The van der Waals surface area contributed by atoms with Gasteiger partial charge in [-0.25, -0.2) is 0 Å². The van der Waals surface area contributed by atoms with Crippen LogP contribution in [0.1, 0.15) is 129 Å². The number of nitro benzene ring substituents is 1. The SMILES string of the molecule is C.C[C@@H](CN1CCN(c2ccc(C(F)(F)F)cc2)CC1)C(=O)N1CCC(Nc2ccc([N+](=O)[O-])c(C(F)(F)F)c2)CC1.Cc1ccc(N2CCN(CC(C)C(=O)N3CCC(Nc4ccc(C)c(C(F)(F)F)c4)CC3)CC2)cc1.Cc1ccc(OC2CCN(C(=O)CCN3CCC(c4ccc(Oc5ccccc5)cc4)CC3)CC2)cc1C(F)(F)F. The standard InChI is InChI=1S/C33H37F3N2O3.C28H37F3N4O.C27H31F6N5O3.CH4/c1-24-7-10-30(23-31(24)33(34,35)36)41-29-15-21-38(22-16-29)32(39)17-20-37-18-13-26(14-19-37)25-8-11-28(12-9-25)40-27-5-3-2-4-6-27;1-20-4-8-25(9-5-20)34-16-14-33(15-17-34)19-22(3)27(36)35-12-10-23(11-13-35)32-24-7-6-21(2)26(18-24)28(29,30)31;1-18(17-35-12-14-36(15-13-35)22-5-2-19(3-6-22)26(28,29)30)25(39)37-10-8-20(9-11-37)34-21-4-7-24(38(40)41)23(16-21)27(31,32)33;/h2-12,23,26,29H,13-22H2,1H3;4-9,18,22-23,32H,10-17,19H2,1-3H3;2-7,16,18,20,34H,8-15,17H2,1H3;1H4/t;;18-;/m..0./s1. The molecule has 7 aromatic carbocycles. The topological polar surface area (TPSA) is 163 Å². The van der Waals surface area contributed by atoms with E-state index in [4.69, 9.17) is 9.47 Å². The summed E-state index contributed by atoms with van der Waals surface area (Å²) < 4.78 is 169. The van der Waals surface area contributed by atoms with Gasteiger partial charge in [-0.1, -0.05) is 81.4 Å². The van der Waals surface area contributed by atoms with Crippen LogP contribution in [0.15, 0.2) is 158 Å². The number of carbonyl (C=O) groups is 3. The van der Waals surface area contributed by atoms with Crippen molar-refractivity contribution in [3.8, 4) is 17.2 Å². The van der Waals surface area contributed by atoms with Gasteiger partial charge >= 0.3 is 24.7 Å². The van der Waals surface area contributed by atoms with E-state index >= 15 is 0 Å². The van der Waals surface area contributed by atoms with E-state index in [1.165, 1.54) is 67.1 Å². The zero-order valence-electron chi connectivity index (χ0n) is 67.2. The average molecular weight is 1670 g/mol. The minimum Gasteiger partial charge on any atom is -0.490 e. The van der Waals surface area contributed by atoms with Crippen molar-refractivity contribution in [1.29, 1.82) is 0 Å². The second kappa shape index (κ2) is 41.0. The van der Waals surface area contributed by atoms with Crippen LogP contribution in [-0.4, -0.2) is 195 Å². The second-order valence-corrected chi connectivity index (χ2v) is 31.8. The first-order valence-electron chi connectivity index (χ1n) is 40.6. The number of halogens is 12. The fourth-order valence-electron chi connectivity index (χ4n) is 16.3. The Balaban J connectivity index is 0.000000187. The van der Waals surface area contributed by atoms with Gasteiger partial charge in [0.25, 0.3) is 5.69 Å². The molecule has 646 valence electrons. The number of hydrogen-bond acceptors (Lipinski definition) is 14. The van der Waals surface area contributed by atoms with E-state index in [1.54, 1.807) is 17.0 Å². The summed E-state index contributed by atoms with van der Waals surface area (Å²) in [6, 6.07) is 43.1. The summed E-state index contributed by atoms with van der Waals surface area (Å²) in [5.74, 6) is 2.33. The van der Waals surface area contributed by atoms with E-state index in [-0.39, 0.29) is 77.7 Å².